The zero-order valence-corrected chi connectivity index (χ0v) is 13.2. The number of esters is 1. The van der Waals surface area contributed by atoms with Crippen LogP contribution in [0.3, 0.4) is 0 Å². The molecule has 0 aromatic carbocycles. The molecule has 0 aliphatic carbocycles. The standard InChI is InChI=1S/C12H22N2O4.BrH/c1-3-16-6-7-17-8-9-18-12(15)11(2)14-5-4-13-10-14;/h4-5,11,13H,3,6-10H2,1-2H3;1H. The normalized spacial score (nSPS) is 14.7. The number of ether oxygens (including phenoxy) is 3. The van der Waals surface area contributed by atoms with E-state index in [1.54, 1.807) is 6.20 Å². The molecule has 112 valence electrons. The zero-order valence-electron chi connectivity index (χ0n) is 11.5. The zero-order chi connectivity index (χ0) is 13.2. The van der Waals surface area contributed by atoms with E-state index in [0.29, 0.717) is 33.1 Å². The van der Waals surface area contributed by atoms with Crippen LogP contribution in [0.15, 0.2) is 12.4 Å². The molecule has 0 spiro atoms. The molecule has 1 aliphatic heterocycles. The van der Waals surface area contributed by atoms with Crippen molar-refractivity contribution in [3.05, 3.63) is 12.4 Å². The number of nitrogens with zero attached hydrogens (tertiary/aromatic N) is 1. The van der Waals surface area contributed by atoms with Crippen molar-refractivity contribution in [1.82, 2.24) is 10.2 Å². The first kappa shape index (κ1) is 18.2. The van der Waals surface area contributed by atoms with E-state index in [4.69, 9.17) is 14.2 Å². The molecule has 0 bridgehead atoms. The largest absolute Gasteiger partial charge is 0.462 e. The highest BCUT2D eigenvalue weighted by atomic mass is 79.9. The van der Waals surface area contributed by atoms with Gasteiger partial charge in [0.25, 0.3) is 0 Å². The molecule has 1 N–H and O–H groups in total. The summed E-state index contributed by atoms with van der Waals surface area (Å²) in [6.07, 6.45) is 3.64. The molecular formula is C12H23BrN2O4. The second kappa shape index (κ2) is 11.1. The van der Waals surface area contributed by atoms with Gasteiger partial charge in [-0.05, 0) is 13.8 Å². The Hall–Kier alpha value is -0.790. The van der Waals surface area contributed by atoms with Gasteiger partial charge in [-0.15, -0.1) is 17.0 Å². The third kappa shape index (κ3) is 7.39. The van der Waals surface area contributed by atoms with Crippen molar-refractivity contribution in [2.75, 3.05) is 39.7 Å². The van der Waals surface area contributed by atoms with Crippen LogP contribution in [0.1, 0.15) is 13.8 Å². The minimum Gasteiger partial charge on any atom is -0.462 e. The molecule has 19 heavy (non-hydrogen) atoms. The van der Waals surface area contributed by atoms with Crippen LogP contribution in [0, 0.1) is 0 Å². The Bertz CT molecular complexity index is 276. The maximum absolute atomic E-state index is 11.7. The van der Waals surface area contributed by atoms with Gasteiger partial charge in [0.2, 0.25) is 0 Å². The fraction of sp³-hybridized carbons (Fsp3) is 0.750. The summed E-state index contributed by atoms with van der Waals surface area (Å²) in [6.45, 7) is 6.86. The van der Waals surface area contributed by atoms with Crippen molar-refractivity contribution in [3.8, 4) is 0 Å². The van der Waals surface area contributed by atoms with Gasteiger partial charge in [-0.2, -0.15) is 0 Å². The van der Waals surface area contributed by atoms with E-state index >= 15 is 0 Å². The molecule has 1 atom stereocenters. The van der Waals surface area contributed by atoms with Gasteiger partial charge in [-0.1, -0.05) is 0 Å². The van der Waals surface area contributed by atoms with Crippen LogP contribution in [0.25, 0.3) is 0 Å². The molecule has 7 heteroatoms. The molecule has 0 fully saturated rings. The van der Waals surface area contributed by atoms with Gasteiger partial charge >= 0.3 is 5.97 Å². The molecular weight excluding hydrogens is 316 g/mol. The maximum atomic E-state index is 11.7. The Balaban J connectivity index is 0.00000324. The third-order valence-electron chi connectivity index (χ3n) is 2.54. The molecule has 1 heterocycles. The predicted octanol–water partition coefficient (Wildman–Crippen LogP) is 0.883. The van der Waals surface area contributed by atoms with Crippen molar-refractivity contribution < 1.29 is 19.0 Å². The molecule has 6 nitrogen and oxygen atoms in total. The molecule has 0 radical (unpaired) electrons. The van der Waals surface area contributed by atoms with Gasteiger partial charge in [0.05, 0.1) is 26.5 Å². The average Bonchev–Trinajstić information content (AvgIpc) is 2.90. The Kier molecular flexibility index (Phi) is 10.6. The maximum Gasteiger partial charge on any atom is 0.328 e. The minimum absolute atomic E-state index is 0. The van der Waals surface area contributed by atoms with E-state index < -0.39 is 0 Å². The summed E-state index contributed by atoms with van der Waals surface area (Å²) >= 11 is 0. The number of hydrogen-bond donors (Lipinski definition) is 1. The fourth-order valence-corrected chi connectivity index (χ4v) is 1.45. The van der Waals surface area contributed by atoms with Gasteiger partial charge in [0.15, 0.2) is 0 Å². The van der Waals surface area contributed by atoms with Gasteiger partial charge in [-0.25, -0.2) is 4.79 Å². The smallest absolute Gasteiger partial charge is 0.328 e. The Morgan fingerprint density at radius 2 is 2.00 bits per heavy atom. The number of carbonyl (C=O) groups excluding carboxylic acids is 1. The number of rotatable bonds is 9. The lowest BCUT2D eigenvalue weighted by Crippen LogP contribution is -2.37. The van der Waals surface area contributed by atoms with E-state index in [1.165, 1.54) is 0 Å². The van der Waals surface area contributed by atoms with Gasteiger partial charge in [0, 0.05) is 19.0 Å². The average molecular weight is 339 g/mol. The monoisotopic (exact) mass is 338 g/mol. The number of halogens is 1. The molecule has 0 saturated heterocycles. The van der Waals surface area contributed by atoms with E-state index in [9.17, 15) is 4.79 Å². The number of hydrogen-bond acceptors (Lipinski definition) is 6. The number of carbonyl (C=O) groups is 1. The van der Waals surface area contributed by atoms with Gasteiger partial charge < -0.3 is 24.4 Å². The highest BCUT2D eigenvalue weighted by Gasteiger charge is 2.21. The van der Waals surface area contributed by atoms with Crippen LogP contribution < -0.4 is 5.32 Å². The second-order valence-corrected chi connectivity index (χ2v) is 3.84. The lowest BCUT2D eigenvalue weighted by Gasteiger charge is -2.21. The van der Waals surface area contributed by atoms with Crippen LogP contribution >= 0.6 is 17.0 Å². The first-order valence-electron chi connectivity index (χ1n) is 6.23. The highest BCUT2D eigenvalue weighted by Crippen LogP contribution is 2.04. The summed E-state index contributed by atoms with van der Waals surface area (Å²) in [5.41, 5.74) is 0. The van der Waals surface area contributed by atoms with Crippen LogP contribution in [-0.4, -0.2) is 56.6 Å². The summed E-state index contributed by atoms with van der Waals surface area (Å²) < 4.78 is 15.5. The molecule has 1 unspecified atom stereocenters. The molecule has 0 amide bonds. The van der Waals surface area contributed by atoms with Gasteiger partial charge in [-0.3, -0.25) is 0 Å². The molecule has 0 saturated carbocycles. The fourth-order valence-electron chi connectivity index (χ4n) is 1.45. The second-order valence-electron chi connectivity index (χ2n) is 3.84. The summed E-state index contributed by atoms with van der Waals surface area (Å²) in [7, 11) is 0. The molecule has 0 aromatic heterocycles. The Morgan fingerprint density at radius 3 is 2.63 bits per heavy atom. The van der Waals surface area contributed by atoms with Crippen molar-refractivity contribution >= 4 is 23.0 Å². The Morgan fingerprint density at radius 1 is 1.32 bits per heavy atom. The van der Waals surface area contributed by atoms with Crippen LogP contribution in [0.5, 0.6) is 0 Å². The number of nitrogens with one attached hydrogen (secondary N) is 1. The van der Waals surface area contributed by atoms with Crippen LogP contribution in [-0.2, 0) is 19.0 Å². The third-order valence-corrected chi connectivity index (χ3v) is 2.54. The first-order chi connectivity index (χ1) is 8.75. The lowest BCUT2D eigenvalue weighted by atomic mass is 10.3. The SMILES string of the molecule is Br.CCOCCOCCOC(=O)C(C)N1C=CNC1. The van der Waals surface area contributed by atoms with Crippen molar-refractivity contribution in [3.63, 3.8) is 0 Å². The summed E-state index contributed by atoms with van der Waals surface area (Å²) in [6, 6.07) is -0.278. The Labute approximate surface area is 124 Å². The summed E-state index contributed by atoms with van der Waals surface area (Å²) in [5.74, 6) is -0.239. The van der Waals surface area contributed by atoms with Gasteiger partial charge in [0.1, 0.15) is 12.6 Å². The summed E-state index contributed by atoms with van der Waals surface area (Å²) in [4.78, 5) is 13.5. The molecule has 1 rings (SSSR count). The van der Waals surface area contributed by atoms with E-state index in [0.717, 1.165) is 0 Å². The van der Waals surface area contributed by atoms with Crippen molar-refractivity contribution in [2.45, 2.75) is 19.9 Å². The minimum atomic E-state index is -0.278. The first-order valence-corrected chi connectivity index (χ1v) is 6.23. The van der Waals surface area contributed by atoms with E-state index in [1.807, 2.05) is 24.9 Å². The molecule has 1 aliphatic rings. The highest BCUT2D eigenvalue weighted by molar-refractivity contribution is 8.93. The molecule has 0 aromatic rings. The van der Waals surface area contributed by atoms with Crippen LogP contribution in [0.2, 0.25) is 0 Å². The van der Waals surface area contributed by atoms with Crippen molar-refractivity contribution in [1.29, 1.82) is 0 Å². The van der Waals surface area contributed by atoms with Crippen LogP contribution in [0.4, 0.5) is 0 Å². The lowest BCUT2D eigenvalue weighted by molar-refractivity contribution is -0.150. The quantitative estimate of drug-likeness (QED) is 0.497. The topological polar surface area (TPSA) is 60.0 Å². The predicted molar refractivity (Wildman–Crippen MR) is 77.0 cm³/mol. The summed E-state index contributed by atoms with van der Waals surface area (Å²) in [5, 5.41) is 3.00. The van der Waals surface area contributed by atoms with Crippen molar-refractivity contribution in [2.24, 2.45) is 0 Å². The van der Waals surface area contributed by atoms with E-state index in [-0.39, 0.29) is 35.6 Å². The van der Waals surface area contributed by atoms with E-state index in [2.05, 4.69) is 5.32 Å².